The molecule has 0 radical (unpaired) electrons. The number of hydrogen-bond acceptors (Lipinski definition) is 6. The van der Waals surface area contributed by atoms with Gasteiger partial charge in [0.1, 0.15) is 12.4 Å². The molecule has 0 aromatic heterocycles. The molecule has 1 heterocycles. The van der Waals surface area contributed by atoms with Gasteiger partial charge in [0.15, 0.2) is 11.5 Å². The molecular formula is C25H22ClN3O5. The van der Waals surface area contributed by atoms with E-state index in [0.29, 0.717) is 33.4 Å². The van der Waals surface area contributed by atoms with Crippen LogP contribution < -0.4 is 25.0 Å². The van der Waals surface area contributed by atoms with Crippen molar-refractivity contribution in [2.45, 2.75) is 13.5 Å². The molecule has 2 N–H and O–H groups in total. The van der Waals surface area contributed by atoms with Crippen molar-refractivity contribution >= 4 is 29.6 Å². The average Bonchev–Trinajstić information content (AvgIpc) is 3.29. The molecule has 3 aromatic carbocycles. The lowest BCUT2D eigenvalue weighted by Gasteiger charge is -2.11. The van der Waals surface area contributed by atoms with Crippen LogP contribution in [0.1, 0.15) is 27.0 Å². The number of nitrogens with one attached hydrogen (secondary N) is 2. The zero-order valence-corrected chi connectivity index (χ0v) is 19.1. The Morgan fingerprint density at radius 3 is 2.62 bits per heavy atom. The second-order valence-electron chi connectivity index (χ2n) is 7.47. The van der Waals surface area contributed by atoms with Crippen molar-refractivity contribution in [3.05, 3.63) is 87.9 Å². The third-order valence-corrected chi connectivity index (χ3v) is 5.31. The highest BCUT2D eigenvalue weighted by Gasteiger charge is 2.17. The van der Waals surface area contributed by atoms with E-state index in [1.807, 2.05) is 31.2 Å². The van der Waals surface area contributed by atoms with E-state index in [4.69, 9.17) is 25.8 Å². The molecule has 174 valence electrons. The number of para-hydroxylation sites is 1. The molecule has 0 aliphatic carbocycles. The maximum Gasteiger partial charge on any atom is 0.259 e. The SMILES string of the molecule is Cc1ccc(C(=O)NCC(=O)N/N=C/c2ccccc2OCc2cc3c(cc2Cl)OCO3)cc1. The number of fused-ring (bicyclic) bond motifs is 1. The van der Waals surface area contributed by atoms with Crippen molar-refractivity contribution in [3.8, 4) is 17.2 Å². The number of hydrazone groups is 1. The zero-order valence-electron chi connectivity index (χ0n) is 18.3. The van der Waals surface area contributed by atoms with E-state index < -0.39 is 5.91 Å². The van der Waals surface area contributed by atoms with Crippen LogP contribution in [-0.4, -0.2) is 31.4 Å². The summed E-state index contributed by atoms with van der Waals surface area (Å²) in [7, 11) is 0. The predicted molar refractivity (Wildman–Crippen MR) is 128 cm³/mol. The number of carbonyl (C=O) groups is 2. The fourth-order valence-electron chi connectivity index (χ4n) is 3.12. The molecule has 0 saturated carbocycles. The van der Waals surface area contributed by atoms with Gasteiger partial charge in [-0.3, -0.25) is 9.59 Å². The molecule has 2 amide bonds. The zero-order chi connectivity index (χ0) is 23.9. The smallest absolute Gasteiger partial charge is 0.259 e. The molecule has 0 fully saturated rings. The van der Waals surface area contributed by atoms with Crippen LogP contribution in [-0.2, 0) is 11.4 Å². The Kier molecular flexibility index (Phi) is 7.29. The monoisotopic (exact) mass is 479 g/mol. The highest BCUT2D eigenvalue weighted by atomic mass is 35.5. The van der Waals surface area contributed by atoms with Crippen LogP contribution in [0.4, 0.5) is 0 Å². The van der Waals surface area contributed by atoms with Crippen molar-refractivity contribution in [1.29, 1.82) is 0 Å². The molecule has 0 atom stereocenters. The summed E-state index contributed by atoms with van der Waals surface area (Å²) in [6, 6.07) is 17.8. The van der Waals surface area contributed by atoms with E-state index in [1.54, 1.807) is 36.4 Å². The summed E-state index contributed by atoms with van der Waals surface area (Å²) in [5.74, 6) is 0.992. The number of nitrogens with zero attached hydrogens (tertiary/aromatic N) is 1. The lowest BCUT2D eigenvalue weighted by atomic mass is 10.1. The summed E-state index contributed by atoms with van der Waals surface area (Å²) >= 11 is 6.31. The van der Waals surface area contributed by atoms with Crippen LogP contribution in [0.3, 0.4) is 0 Å². The number of hydrogen-bond donors (Lipinski definition) is 2. The van der Waals surface area contributed by atoms with Crippen molar-refractivity contribution in [1.82, 2.24) is 10.7 Å². The van der Waals surface area contributed by atoms with Gasteiger partial charge >= 0.3 is 0 Å². The molecule has 1 aliphatic rings. The largest absolute Gasteiger partial charge is 0.488 e. The number of ether oxygens (including phenoxy) is 3. The van der Waals surface area contributed by atoms with E-state index in [-0.39, 0.29) is 25.9 Å². The van der Waals surface area contributed by atoms with E-state index in [1.165, 1.54) is 6.21 Å². The third kappa shape index (κ3) is 5.85. The molecule has 8 nitrogen and oxygen atoms in total. The Morgan fingerprint density at radius 1 is 1.09 bits per heavy atom. The van der Waals surface area contributed by atoms with Gasteiger partial charge in [0.05, 0.1) is 17.8 Å². The maximum absolute atomic E-state index is 12.1. The molecule has 0 unspecified atom stereocenters. The number of carbonyl (C=O) groups excluding carboxylic acids is 2. The van der Waals surface area contributed by atoms with Crippen molar-refractivity contribution in [2.24, 2.45) is 5.10 Å². The number of halogens is 1. The summed E-state index contributed by atoms with van der Waals surface area (Å²) in [5.41, 5.74) is 5.33. The lowest BCUT2D eigenvalue weighted by Crippen LogP contribution is -2.34. The summed E-state index contributed by atoms with van der Waals surface area (Å²) in [5, 5.41) is 7.03. The first-order chi connectivity index (χ1) is 16.5. The molecule has 9 heteroatoms. The maximum atomic E-state index is 12.1. The summed E-state index contributed by atoms with van der Waals surface area (Å²) < 4.78 is 16.6. The van der Waals surface area contributed by atoms with Gasteiger partial charge in [-0.25, -0.2) is 5.43 Å². The highest BCUT2D eigenvalue weighted by molar-refractivity contribution is 6.31. The predicted octanol–water partition coefficient (Wildman–Crippen LogP) is 3.84. The van der Waals surface area contributed by atoms with Gasteiger partial charge < -0.3 is 19.5 Å². The van der Waals surface area contributed by atoms with Gasteiger partial charge in [-0.2, -0.15) is 5.10 Å². The Hall–Kier alpha value is -4.04. The first-order valence-electron chi connectivity index (χ1n) is 10.5. The van der Waals surface area contributed by atoms with Crippen molar-refractivity contribution < 1.29 is 23.8 Å². The fraction of sp³-hybridized carbons (Fsp3) is 0.160. The van der Waals surface area contributed by atoms with Gasteiger partial charge in [0, 0.05) is 22.8 Å². The van der Waals surface area contributed by atoms with Crippen LogP contribution in [0.2, 0.25) is 5.02 Å². The van der Waals surface area contributed by atoms with E-state index in [9.17, 15) is 9.59 Å². The van der Waals surface area contributed by atoms with Crippen LogP contribution in [0, 0.1) is 6.92 Å². The van der Waals surface area contributed by atoms with Gasteiger partial charge in [-0.15, -0.1) is 0 Å². The first kappa shape index (κ1) is 23.1. The second kappa shape index (κ2) is 10.7. The molecule has 34 heavy (non-hydrogen) atoms. The third-order valence-electron chi connectivity index (χ3n) is 4.96. The quantitative estimate of drug-likeness (QED) is 0.378. The lowest BCUT2D eigenvalue weighted by molar-refractivity contribution is -0.120. The Bertz CT molecular complexity index is 1230. The van der Waals surface area contributed by atoms with E-state index in [0.717, 1.165) is 11.1 Å². The standard InChI is InChI=1S/C25H22ClN3O5/c1-16-6-8-17(9-7-16)25(31)27-13-24(30)29-28-12-18-4-2-3-5-21(18)32-14-19-10-22-23(11-20(19)26)34-15-33-22/h2-12H,13-15H2,1H3,(H,27,31)(H,29,30)/b28-12+. The fourth-order valence-corrected chi connectivity index (χ4v) is 3.33. The number of rotatable bonds is 8. The normalized spacial score (nSPS) is 11.9. The number of benzene rings is 3. The molecule has 1 aliphatic heterocycles. The van der Waals surface area contributed by atoms with Gasteiger partial charge in [-0.1, -0.05) is 41.4 Å². The number of aryl methyl sites for hydroxylation is 1. The summed E-state index contributed by atoms with van der Waals surface area (Å²) in [6.07, 6.45) is 1.47. The van der Waals surface area contributed by atoms with E-state index >= 15 is 0 Å². The van der Waals surface area contributed by atoms with Crippen LogP contribution in [0.15, 0.2) is 65.8 Å². The Morgan fingerprint density at radius 2 is 1.82 bits per heavy atom. The topological polar surface area (TPSA) is 98.3 Å². The summed E-state index contributed by atoms with van der Waals surface area (Å²) in [4.78, 5) is 24.1. The number of amides is 2. The van der Waals surface area contributed by atoms with Crippen LogP contribution in [0.5, 0.6) is 17.2 Å². The molecule has 0 bridgehead atoms. The Balaban J connectivity index is 1.30. The summed E-state index contributed by atoms with van der Waals surface area (Å²) in [6.45, 7) is 2.10. The van der Waals surface area contributed by atoms with Crippen molar-refractivity contribution in [2.75, 3.05) is 13.3 Å². The second-order valence-corrected chi connectivity index (χ2v) is 7.87. The van der Waals surface area contributed by atoms with Gasteiger partial charge in [-0.05, 0) is 37.3 Å². The van der Waals surface area contributed by atoms with Gasteiger partial charge in [0.25, 0.3) is 11.8 Å². The minimum atomic E-state index is -0.456. The van der Waals surface area contributed by atoms with E-state index in [2.05, 4.69) is 15.8 Å². The van der Waals surface area contributed by atoms with Crippen molar-refractivity contribution in [3.63, 3.8) is 0 Å². The molecule has 0 saturated heterocycles. The Labute approximate surface area is 201 Å². The molecule has 0 spiro atoms. The first-order valence-corrected chi connectivity index (χ1v) is 10.8. The molecule has 4 rings (SSSR count). The average molecular weight is 480 g/mol. The highest BCUT2D eigenvalue weighted by Crippen LogP contribution is 2.37. The molecular weight excluding hydrogens is 458 g/mol. The van der Waals surface area contributed by atoms with Crippen LogP contribution in [0.25, 0.3) is 0 Å². The minimum absolute atomic E-state index is 0.163. The van der Waals surface area contributed by atoms with Gasteiger partial charge in [0.2, 0.25) is 6.79 Å². The minimum Gasteiger partial charge on any atom is -0.488 e. The molecule has 3 aromatic rings. The van der Waals surface area contributed by atoms with Crippen LogP contribution >= 0.6 is 11.6 Å².